The van der Waals surface area contributed by atoms with Crippen molar-refractivity contribution in [3.8, 4) is 6.07 Å². The fourth-order valence-corrected chi connectivity index (χ4v) is 2.82. The van der Waals surface area contributed by atoms with Crippen molar-refractivity contribution >= 4 is 11.9 Å². The summed E-state index contributed by atoms with van der Waals surface area (Å²) in [5, 5.41) is 18.4. The third-order valence-electron chi connectivity index (χ3n) is 3.67. The van der Waals surface area contributed by atoms with Crippen LogP contribution in [0.3, 0.4) is 0 Å². The van der Waals surface area contributed by atoms with Gasteiger partial charge in [-0.3, -0.25) is 9.59 Å². The van der Waals surface area contributed by atoms with E-state index >= 15 is 0 Å². The quantitative estimate of drug-likeness (QED) is 0.919. The van der Waals surface area contributed by atoms with Crippen molar-refractivity contribution in [3.05, 3.63) is 35.4 Å². The Labute approximate surface area is 123 Å². The summed E-state index contributed by atoms with van der Waals surface area (Å²) < 4.78 is 0. The van der Waals surface area contributed by atoms with Gasteiger partial charge in [-0.05, 0) is 23.6 Å². The number of rotatable bonds is 4. The Morgan fingerprint density at radius 2 is 2.24 bits per heavy atom. The molecule has 1 heterocycles. The van der Waals surface area contributed by atoms with E-state index < -0.39 is 17.9 Å². The second kappa shape index (κ2) is 5.96. The van der Waals surface area contributed by atoms with Gasteiger partial charge >= 0.3 is 5.97 Å². The molecule has 0 bridgehead atoms. The van der Waals surface area contributed by atoms with E-state index in [-0.39, 0.29) is 18.2 Å². The van der Waals surface area contributed by atoms with Crippen LogP contribution in [0.4, 0.5) is 0 Å². The van der Waals surface area contributed by atoms with Crippen LogP contribution >= 0.6 is 0 Å². The first-order valence-electron chi connectivity index (χ1n) is 6.96. The molecule has 1 aromatic rings. The van der Waals surface area contributed by atoms with Crippen molar-refractivity contribution in [2.75, 3.05) is 6.54 Å². The lowest BCUT2D eigenvalue weighted by Gasteiger charge is -2.28. The Morgan fingerprint density at radius 1 is 1.52 bits per heavy atom. The fraction of sp³-hybridized carbons (Fsp3) is 0.438. The highest BCUT2D eigenvalue weighted by Gasteiger charge is 2.44. The molecular weight excluding hydrogens is 268 g/mol. The van der Waals surface area contributed by atoms with Crippen molar-refractivity contribution in [1.29, 1.82) is 5.26 Å². The number of benzene rings is 1. The van der Waals surface area contributed by atoms with Crippen molar-refractivity contribution < 1.29 is 14.7 Å². The van der Waals surface area contributed by atoms with E-state index in [1.165, 1.54) is 0 Å². The van der Waals surface area contributed by atoms with E-state index in [2.05, 4.69) is 6.07 Å². The lowest BCUT2D eigenvalue weighted by molar-refractivity contribution is -0.142. The molecule has 110 valence electrons. The van der Waals surface area contributed by atoms with E-state index in [0.29, 0.717) is 17.7 Å². The number of carbonyl (C=O) groups is 2. The van der Waals surface area contributed by atoms with Gasteiger partial charge in [-0.25, -0.2) is 0 Å². The fourth-order valence-electron chi connectivity index (χ4n) is 2.82. The number of amides is 1. The minimum atomic E-state index is -0.970. The van der Waals surface area contributed by atoms with Gasteiger partial charge in [0.2, 0.25) is 5.91 Å². The third kappa shape index (κ3) is 3.05. The summed E-state index contributed by atoms with van der Waals surface area (Å²) in [5.41, 5.74) is 1.19. The smallest absolute Gasteiger partial charge is 0.309 e. The van der Waals surface area contributed by atoms with Crippen LogP contribution in [0.2, 0.25) is 0 Å². The minimum Gasteiger partial charge on any atom is -0.481 e. The Hall–Kier alpha value is -2.35. The van der Waals surface area contributed by atoms with Crippen molar-refractivity contribution in [1.82, 2.24) is 4.90 Å². The summed E-state index contributed by atoms with van der Waals surface area (Å²) in [6, 6.07) is 8.41. The van der Waals surface area contributed by atoms with Crippen molar-refractivity contribution in [2.24, 2.45) is 11.8 Å². The minimum absolute atomic E-state index is 0.0174. The molecule has 1 aliphatic heterocycles. The van der Waals surface area contributed by atoms with Crippen molar-refractivity contribution in [3.63, 3.8) is 0 Å². The Balaban J connectivity index is 2.43. The molecule has 1 saturated heterocycles. The van der Waals surface area contributed by atoms with E-state index in [0.717, 1.165) is 0 Å². The highest BCUT2D eigenvalue weighted by Crippen LogP contribution is 2.38. The van der Waals surface area contributed by atoms with Gasteiger partial charge in [-0.2, -0.15) is 5.26 Å². The summed E-state index contributed by atoms with van der Waals surface area (Å²) in [6.07, 6.45) is 0.0174. The number of nitrogens with zero attached hydrogens (tertiary/aromatic N) is 2. The van der Waals surface area contributed by atoms with Crippen LogP contribution in [0, 0.1) is 23.2 Å². The summed E-state index contributed by atoms with van der Waals surface area (Å²) in [7, 11) is 0. The average molecular weight is 286 g/mol. The number of hydrogen-bond acceptors (Lipinski definition) is 3. The molecule has 0 saturated carbocycles. The molecule has 21 heavy (non-hydrogen) atoms. The van der Waals surface area contributed by atoms with Gasteiger partial charge < -0.3 is 10.0 Å². The van der Waals surface area contributed by atoms with Gasteiger partial charge in [0.1, 0.15) is 0 Å². The van der Waals surface area contributed by atoms with Crippen LogP contribution in [-0.2, 0) is 9.59 Å². The SMILES string of the molecule is CC(C)CN1C(=O)CC(C(=O)O)C1c1cccc(C#N)c1. The predicted octanol–water partition coefficient (Wildman–Crippen LogP) is 2.19. The van der Waals surface area contributed by atoms with Crippen LogP contribution in [0.1, 0.15) is 37.4 Å². The zero-order chi connectivity index (χ0) is 15.6. The van der Waals surface area contributed by atoms with Crippen LogP contribution in [0.25, 0.3) is 0 Å². The third-order valence-corrected chi connectivity index (χ3v) is 3.67. The number of carboxylic acids is 1. The van der Waals surface area contributed by atoms with Gasteiger partial charge in [0.25, 0.3) is 0 Å². The van der Waals surface area contributed by atoms with E-state index in [1.54, 1.807) is 29.2 Å². The molecule has 1 aromatic carbocycles. The molecule has 2 rings (SSSR count). The molecule has 2 unspecified atom stereocenters. The molecule has 5 nitrogen and oxygen atoms in total. The normalized spacial score (nSPS) is 21.6. The highest BCUT2D eigenvalue weighted by atomic mass is 16.4. The lowest BCUT2D eigenvalue weighted by atomic mass is 9.92. The van der Waals surface area contributed by atoms with Crippen LogP contribution in [-0.4, -0.2) is 28.4 Å². The molecular formula is C16H18N2O3. The topological polar surface area (TPSA) is 81.4 Å². The molecule has 0 spiro atoms. The molecule has 5 heteroatoms. The van der Waals surface area contributed by atoms with E-state index in [1.807, 2.05) is 13.8 Å². The van der Waals surface area contributed by atoms with E-state index in [9.17, 15) is 14.7 Å². The van der Waals surface area contributed by atoms with Crippen LogP contribution in [0.5, 0.6) is 0 Å². The maximum Gasteiger partial charge on any atom is 0.309 e. The maximum absolute atomic E-state index is 12.2. The zero-order valence-electron chi connectivity index (χ0n) is 12.1. The monoisotopic (exact) mass is 286 g/mol. The first-order chi connectivity index (χ1) is 9.93. The van der Waals surface area contributed by atoms with Gasteiger partial charge in [-0.15, -0.1) is 0 Å². The molecule has 2 atom stereocenters. The largest absolute Gasteiger partial charge is 0.481 e. The average Bonchev–Trinajstić information content (AvgIpc) is 2.76. The first-order valence-corrected chi connectivity index (χ1v) is 6.96. The number of carboxylic acid groups (broad SMARTS) is 1. The van der Waals surface area contributed by atoms with Gasteiger partial charge in [0, 0.05) is 13.0 Å². The molecule has 1 amide bonds. The molecule has 1 N–H and O–H groups in total. The van der Waals surface area contributed by atoms with Crippen LogP contribution in [0.15, 0.2) is 24.3 Å². The Kier molecular flexibility index (Phi) is 4.27. The molecule has 0 radical (unpaired) electrons. The predicted molar refractivity (Wildman–Crippen MR) is 76.2 cm³/mol. The summed E-state index contributed by atoms with van der Waals surface area (Å²) in [4.78, 5) is 25.3. The molecule has 0 aliphatic carbocycles. The van der Waals surface area contributed by atoms with Gasteiger partial charge in [0.15, 0.2) is 0 Å². The van der Waals surface area contributed by atoms with E-state index in [4.69, 9.17) is 5.26 Å². The number of nitriles is 1. The lowest BCUT2D eigenvalue weighted by Crippen LogP contribution is -2.33. The second-order valence-electron chi connectivity index (χ2n) is 5.77. The standard InChI is InChI=1S/C16H18N2O3/c1-10(2)9-18-14(19)7-13(16(20)21)15(18)12-5-3-4-11(6-12)8-17/h3-6,10,13,15H,7,9H2,1-2H3,(H,20,21). The molecule has 1 aliphatic rings. The van der Waals surface area contributed by atoms with Gasteiger partial charge in [0.05, 0.1) is 23.6 Å². The first kappa shape index (κ1) is 15.0. The Bertz CT molecular complexity index is 604. The number of aliphatic carboxylic acids is 1. The van der Waals surface area contributed by atoms with Crippen LogP contribution < -0.4 is 0 Å². The molecule has 0 aromatic heterocycles. The van der Waals surface area contributed by atoms with Gasteiger partial charge in [-0.1, -0.05) is 26.0 Å². The highest BCUT2D eigenvalue weighted by molar-refractivity contribution is 5.87. The zero-order valence-corrected chi connectivity index (χ0v) is 12.1. The summed E-state index contributed by atoms with van der Waals surface area (Å²) in [6.45, 7) is 4.50. The Morgan fingerprint density at radius 3 is 2.81 bits per heavy atom. The number of likely N-dealkylation sites (tertiary alicyclic amines) is 1. The number of carbonyl (C=O) groups excluding carboxylic acids is 1. The molecule has 1 fully saturated rings. The second-order valence-corrected chi connectivity index (χ2v) is 5.77. The maximum atomic E-state index is 12.2. The summed E-state index contributed by atoms with van der Waals surface area (Å²) in [5.74, 6) is -1.61. The number of hydrogen-bond donors (Lipinski definition) is 1. The summed E-state index contributed by atoms with van der Waals surface area (Å²) >= 11 is 0. The van der Waals surface area contributed by atoms with Crippen molar-refractivity contribution in [2.45, 2.75) is 26.3 Å².